The van der Waals surface area contributed by atoms with Crippen molar-refractivity contribution in [2.45, 2.75) is 0 Å². The van der Waals surface area contributed by atoms with E-state index >= 15 is 0 Å². The quantitative estimate of drug-likeness (QED) is 0.356. The maximum Gasteiger partial charge on any atom is 1.00 e. The Labute approximate surface area is 88.6 Å². The van der Waals surface area contributed by atoms with Gasteiger partial charge in [-0.3, -0.25) is 0 Å². The molecule has 0 aromatic rings. The molecular formula is C6H8BNaO3. The molecular weight excluding hydrogens is 154 g/mol. The molecule has 0 atom stereocenters. The zero-order valence-corrected chi connectivity index (χ0v) is 8.23. The molecule has 2 aliphatic rings. The Hall–Kier alpha value is 0.165. The van der Waals surface area contributed by atoms with E-state index in [4.69, 9.17) is 15.1 Å². The topological polar surface area (TPSA) is 60.7 Å². The molecule has 3 N–H and O–H groups in total. The van der Waals surface area contributed by atoms with E-state index in [1.165, 1.54) is 11.1 Å². The number of fused-ring (bicyclic) bond motifs is 1. The van der Waals surface area contributed by atoms with Crippen LogP contribution < -0.4 is 29.6 Å². The molecule has 0 fully saturated rings. The van der Waals surface area contributed by atoms with Crippen molar-refractivity contribution in [1.82, 2.24) is 0 Å². The predicted octanol–water partition coefficient (Wildman–Crippen LogP) is -3.27. The van der Waals surface area contributed by atoms with E-state index in [1.807, 2.05) is 0 Å². The summed E-state index contributed by atoms with van der Waals surface area (Å²) in [6, 6.07) is 8.48. The van der Waals surface area contributed by atoms with Crippen LogP contribution in [0.3, 0.4) is 0 Å². The molecule has 0 aromatic heterocycles. The van der Waals surface area contributed by atoms with E-state index in [2.05, 4.69) is 24.3 Å². The summed E-state index contributed by atoms with van der Waals surface area (Å²) in [6.07, 6.45) is 0. The van der Waals surface area contributed by atoms with Crippen molar-refractivity contribution >= 4 is 7.32 Å². The molecule has 0 aromatic carbocycles. The van der Waals surface area contributed by atoms with Crippen molar-refractivity contribution in [3.63, 3.8) is 0 Å². The van der Waals surface area contributed by atoms with Crippen LogP contribution in [-0.2, 0) is 0 Å². The fourth-order valence-corrected chi connectivity index (χ4v) is 0.663. The summed E-state index contributed by atoms with van der Waals surface area (Å²) in [6.45, 7) is 0. The fourth-order valence-electron chi connectivity index (χ4n) is 0.663. The van der Waals surface area contributed by atoms with Gasteiger partial charge in [0.15, 0.2) is 0 Å². The van der Waals surface area contributed by atoms with Crippen LogP contribution in [0.4, 0.5) is 0 Å². The summed E-state index contributed by atoms with van der Waals surface area (Å²) in [5, 5.41) is 21.5. The van der Waals surface area contributed by atoms with Gasteiger partial charge in [-0.25, -0.2) is 0 Å². The molecule has 0 radical (unpaired) electrons. The average molecular weight is 162 g/mol. The molecule has 2 aliphatic carbocycles. The molecule has 2 rings (SSSR count). The zero-order valence-electron chi connectivity index (χ0n) is 7.23. The maximum atomic E-state index is 7.17. The van der Waals surface area contributed by atoms with Gasteiger partial charge < -0.3 is 16.5 Å². The SMILES string of the molecule is OB(O)O.[H-].[Na+].c1cc2ccc1-2. The van der Waals surface area contributed by atoms with Crippen molar-refractivity contribution in [3.8, 4) is 11.1 Å². The van der Waals surface area contributed by atoms with Crippen LogP contribution in [0.2, 0.25) is 0 Å². The molecule has 0 spiro atoms. The molecule has 0 unspecified atom stereocenters. The summed E-state index contributed by atoms with van der Waals surface area (Å²) in [4.78, 5) is 0. The third kappa shape index (κ3) is 3.38. The first kappa shape index (κ1) is 11.2. The summed E-state index contributed by atoms with van der Waals surface area (Å²) in [5.41, 5.74) is 2.85. The van der Waals surface area contributed by atoms with Crippen molar-refractivity contribution in [2.24, 2.45) is 0 Å². The van der Waals surface area contributed by atoms with Crippen molar-refractivity contribution in [1.29, 1.82) is 0 Å². The third-order valence-corrected chi connectivity index (χ3v) is 1.22. The molecule has 3 nitrogen and oxygen atoms in total. The summed E-state index contributed by atoms with van der Waals surface area (Å²) < 4.78 is 0. The molecule has 54 valence electrons. The number of hydrogen-bond acceptors (Lipinski definition) is 3. The first-order valence-electron chi connectivity index (χ1n) is 2.85. The van der Waals surface area contributed by atoms with E-state index in [0.29, 0.717) is 0 Å². The minimum atomic E-state index is -2.17. The Kier molecular flexibility index (Phi) is 5.00. The number of rotatable bonds is 0. The molecule has 0 aliphatic heterocycles. The van der Waals surface area contributed by atoms with Gasteiger partial charge >= 0.3 is 36.9 Å². The zero-order chi connectivity index (χ0) is 7.56. The third-order valence-electron chi connectivity index (χ3n) is 1.22. The minimum Gasteiger partial charge on any atom is -1.00 e. The molecule has 0 saturated heterocycles. The number of hydrogen-bond donors (Lipinski definition) is 3. The number of benzene rings is 1. The largest absolute Gasteiger partial charge is 1.00 e. The van der Waals surface area contributed by atoms with Gasteiger partial charge in [0.1, 0.15) is 0 Å². The minimum absolute atomic E-state index is 0. The fraction of sp³-hybridized carbons (Fsp3) is 0. The Balaban J connectivity index is 0. The van der Waals surface area contributed by atoms with E-state index in [0.717, 1.165) is 0 Å². The van der Waals surface area contributed by atoms with Crippen LogP contribution in [0.25, 0.3) is 11.1 Å². The van der Waals surface area contributed by atoms with Gasteiger partial charge in [-0.15, -0.1) is 0 Å². The van der Waals surface area contributed by atoms with Crippen LogP contribution in [0.15, 0.2) is 24.3 Å². The predicted molar refractivity (Wildman–Crippen MR) is 39.0 cm³/mol. The van der Waals surface area contributed by atoms with Gasteiger partial charge in [0.2, 0.25) is 0 Å². The molecule has 0 heterocycles. The standard InChI is InChI=1S/C6H4.BH3O3.Na.H/c1-2-6-4-3-5(1)6;2-1(3)4;;/h1-4H;2-4H;;/q;;+1;-1. The van der Waals surface area contributed by atoms with Crippen LogP contribution in [0.5, 0.6) is 0 Å². The Bertz CT molecular complexity index is 193. The maximum absolute atomic E-state index is 7.17. The van der Waals surface area contributed by atoms with Crippen LogP contribution in [0.1, 0.15) is 1.43 Å². The van der Waals surface area contributed by atoms with Crippen molar-refractivity contribution < 1.29 is 46.1 Å². The summed E-state index contributed by atoms with van der Waals surface area (Å²) in [7, 11) is -2.17. The van der Waals surface area contributed by atoms with Crippen molar-refractivity contribution in [3.05, 3.63) is 24.3 Å². The van der Waals surface area contributed by atoms with Gasteiger partial charge in [-0.1, -0.05) is 24.3 Å². The Morgan fingerprint density at radius 3 is 1.09 bits per heavy atom. The monoisotopic (exact) mass is 162 g/mol. The molecule has 5 heteroatoms. The van der Waals surface area contributed by atoms with Crippen LogP contribution in [0, 0.1) is 0 Å². The normalized spacial score (nSPS) is 8.64. The second-order valence-corrected chi connectivity index (χ2v) is 1.92. The smallest absolute Gasteiger partial charge is 1.00 e. The first-order chi connectivity index (χ1) is 4.70. The van der Waals surface area contributed by atoms with Gasteiger partial charge in [-0.05, 0) is 11.1 Å². The van der Waals surface area contributed by atoms with Crippen molar-refractivity contribution in [2.75, 3.05) is 0 Å². The Morgan fingerprint density at radius 1 is 0.909 bits per heavy atom. The van der Waals surface area contributed by atoms with E-state index < -0.39 is 7.32 Å². The van der Waals surface area contributed by atoms with E-state index in [-0.39, 0.29) is 31.0 Å². The van der Waals surface area contributed by atoms with Gasteiger partial charge in [0.25, 0.3) is 0 Å². The van der Waals surface area contributed by atoms with E-state index in [9.17, 15) is 0 Å². The summed E-state index contributed by atoms with van der Waals surface area (Å²) in [5.74, 6) is 0. The molecule has 0 bridgehead atoms. The molecule has 0 saturated carbocycles. The van der Waals surface area contributed by atoms with E-state index in [1.54, 1.807) is 0 Å². The van der Waals surface area contributed by atoms with Crippen LogP contribution in [-0.4, -0.2) is 22.4 Å². The molecule has 11 heavy (non-hydrogen) atoms. The second kappa shape index (κ2) is 4.93. The Morgan fingerprint density at radius 2 is 1.09 bits per heavy atom. The van der Waals surface area contributed by atoms with Crippen LogP contribution >= 0.6 is 0 Å². The summed E-state index contributed by atoms with van der Waals surface area (Å²) >= 11 is 0. The second-order valence-electron chi connectivity index (χ2n) is 1.92. The average Bonchev–Trinajstić information content (AvgIpc) is 1.77. The van der Waals surface area contributed by atoms with Gasteiger partial charge in [0.05, 0.1) is 0 Å². The van der Waals surface area contributed by atoms with Gasteiger partial charge in [-0.2, -0.15) is 0 Å². The molecule has 0 amide bonds. The first-order valence-corrected chi connectivity index (χ1v) is 2.85. The van der Waals surface area contributed by atoms with Gasteiger partial charge in [0, 0.05) is 0 Å².